The van der Waals surface area contributed by atoms with Crippen LogP contribution in [0.2, 0.25) is 0 Å². The van der Waals surface area contributed by atoms with Crippen LogP contribution >= 0.6 is 0 Å². The van der Waals surface area contributed by atoms with Gasteiger partial charge in [0.05, 0.1) is 11.1 Å². The largest absolute Gasteiger partial charge is 0.341 e. The first-order valence-electron chi connectivity index (χ1n) is 10.4. The Bertz CT molecular complexity index is 831. The van der Waals surface area contributed by atoms with E-state index in [1.807, 2.05) is 0 Å². The Kier molecular flexibility index (Phi) is 6.97. The third kappa shape index (κ3) is 4.93. The molecule has 2 aliphatic heterocycles. The molecule has 1 fully saturated rings. The molecule has 0 spiro atoms. The monoisotopic (exact) mass is 413 g/mol. The van der Waals surface area contributed by atoms with Crippen LogP contribution in [-0.2, 0) is 14.4 Å². The van der Waals surface area contributed by atoms with Crippen LogP contribution in [0.1, 0.15) is 59.7 Å². The van der Waals surface area contributed by atoms with Crippen LogP contribution in [0.15, 0.2) is 24.3 Å². The highest BCUT2D eigenvalue weighted by Crippen LogP contribution is 2.22. The molecule has 0 radical (unpaired) electrons. The van der Waals surface area contributed by atoms with Crippen molar-refractivity contribution in [1.29, 1.82) is 0 Å². The molecule has 0 bridgehead atoms. The van der Waals surface area contributed by atoms with Gasteiger partial charge in [-0.25, -0.2) is 0 Å². The standard InChI is InChI=1S/C22H27N3O5/c1-16(26)9-10-20(28)24-12-5-11-23(14-15-24)19(27)8-4-13-25-21(29)17-6-2-3-7-18(17)22(25)30/h2-3,6-7H,4-5,8-15H2,1H3. The second-order valence-corrected chi connectivity index (χ2v) is 7.73. The molecule has 160 valence electrons. The lowest BCUT2D eigenvalue weighted by Crippen LogP contribution is -2.38. The zero-order valence-corrected chi connectivity index (χ0v) is 17.3. The first-order valence-corrected chi connectivity index (χ1v) is 10.4. The van der Waals surface area contributed by atoms with E-state index < -0.39 is 0 Å². The number of nitrogens with zero attached hydrogens (tertiary/aromatic N) is 3. The summed E-state index contributed by atoms with van der Waals surface area (Å²) in [6, 6.07) is 6.73. The van der Waals surface area contributed by atoms with Crippen LogP contribution in [0.3, 0.4) is 0 Å². The Morgan fingerprint density at radius 1 is 0.800 bits per heavy atom. The number of fused-ring (bicyclic) bond motifs is 1. The van der Waals surface area contributed by atoms with E-state index in [4.69, 9.17) is 0 Å². The molecule has 1 aromatic carbocycles. The smallest absolute Gasteiger partial charge is 0.261 e. The van der Waals surface area contributed by atoms with Gasteiger partial charge < -0.3 is 14.6 Å². The molecule has 0 N–H and O–H groups in total. The molecular weight excluding hydrogens is 386 g/mol. The maximum Gasteiger partial charge on any atom is 0.261 e. The van der Waals surface area contributed by atoms with Crippen LogP contribution in [0.5, 0.6) is 0 Å². The van der Waals surface area contributed by atoms with Gasteiger partial charge in [-0.3, -0.25) is 24.1 Å². The van der Waals surface area contributed by atoms with Gasteiger partial charge in [0.2, 0.25) is 11.8 Å². The van der Waals surface area contributed by atoms with Gasteiger partial charge in [-0.05, 0) is 31.9 Å². The Morgan fingerprint density at radius 2 is 1.33 bits per heavy atom. The van der Waals surface area contributed by atoms with Gasteiger partial charge in [-0.1, -0.05) is 12.1 Å². The van der Waals surface area contributed by atoms with E-state index in [0.29, 0.717) is 50.1 Å². The molecule has 3 rings (SSSR count). The minimum absolute atomic E-state index is 0.00645. The van der Waals surface area contributed by atoms with Crippen LogP contribution < -0.4 is 0 Å². The van der Waals surface area contributed by atoms with Crippen molar-refractivity contribution in [3.05, 3.63) is 35.4 Å². The average molecular weight is 413 g/mol. The van der Waals surface area contributed by atoms with Crippen molar-refractivity contribution in [3.8, 4) is 0 Å². The predicted molar refractivity (Wildman–Crippen MR) is 109 cm³/mol. The van der Waals surface area contributed by atoms with Crippen molar-refractivity contribution in [3.63, 3.8) is 0 Å². The fourth-order valence-electron chi connectivity index (χ4n) is 3.85. The number of benzene rings is 1. The zero-order chi connectivity index (χ0) is 21.7. The lowest BCUT2D eigenvalue weighted by molar-refractivity contribution is -0.134. The number of ketones is 1. The van der Waals surface area contributed by atoms with Crippen LogP contribution in [0.25, 0.3) is 0 Å². The van der Waals surface area contributed by atoms with Gasteiger partial charge in [0.25, 0.3) is 11.8 Å². The van der Waals surface area contributed by atoms with Gasteiger partial charge in [0.1, 0.15) is 5.78 Å². The summed E-state index contributed by atoms with van der Waals surface area (Å²) in [5.74, 6) is -0.710. The van der Waals surface area contributed by atoms with Crippen molar-refractivity contribution in [2.45, 2.75) is 39.0 Å². The van der Waals surface area contributed by atoms with Crippen molar-refractivity contribution in [2.24, 2.45) is 0 Å². The number of rotatable bonds is 7. The summed E-state index contributed by atoms with van der Waals surface area (Å²) in [6.07, 6.45) is 1.79. The summed E-state index contributed by atoms with van der Waals surface area (Å²) in [5, 5.41) is 0. The maximum atomic E-state index is 12.6. The number of carbonyl (C=O) groups is 5. The number of hydrogen-bond donors (Lipinski definition) is 0. The number of amides is 4. The lowest BCUT2D eigenvalue weighted by Gasteiger charge is -2.22. The highest BCUT2D eigenvalue weighted by molar-refractivity contribution is 6.21. The molecule has 0 saturated carbocycles. The van der Waals surface area contributed by atoms with Crippen LogP contribution in [0, 0.1) is 0 Å². The second kappa shape index (κ2) is 9.65. The first-order chi connectivity index (χ1) is 14.4. The number of imide groups is 1. The van der Waals surface area contributed by atoms with Gasteiger partial charge >= 0.3 is 0 Å². The van der Waals surface area contributed by atoms with E-state index in [9.17, 15) is 24.0 Å². The summed E-state index contributed by atoms with van der Waals surface area (Å²) in [4.78, 5) is 65.3. The molecule has 0 aliphatic carbocycles. The number of carbonyl (C=O) groups excluding carboxylic acids is 5. The molecule has 0 aromatic heterocycles. The quantitative estimate of drug-likeness (QED) is 0.631. The molecule has 30 heavy (non-hydrogen) atoms. The SMILES string of the molecule is CC(=O)CCC(=O)N1CCCN(C(=O)CCCN2C(=O)c3ccccc3C2=O)CC1. The minimum atomic E-state index is -0.308. The maximum absolute atomic E-state index is 12.6. The Labute approximate surface area is 175 Å². The highest BCUT2D eigenvalue weighted by atomic mass is 16.2. The average Bonchev–Trinajstić information content (AvgIpc) is 2.91. The Balaban J connectivity index is 1.45. The fourth-order valence-corrected chi connectivity index (χ4v) is 3.85. The number of hydrogen-bond acceptors (Lipinski definition) is 5. The molecule has 8 nitrogen and oxygen atoms in total. The zero-order valence-electron chi connectivity index (χ0n) is 17.3. The number of Topliss-reactive ketones (excluding diaryl/α,β-unsaturated/α-hetero) is 1. The molecule has 2 aliphatic rings. The van der Waals surface area contributed by atoms with Crippen molar-refractivity contribution < 1.29 is 24.0 Å². The molecular formula is C22H27N3O5. The van der Waals surface area contributed by atoms with Crippen molar-refractivity contribution in [2.75, 3.05) is 32.7 Å². The minimum Gasteiger partial charge on any atom is -0.341 e. The summed E-state index contributed by atoms with van der Waals surface area (Å²) < 4.78 is 0. The van der Waals surface area contributed by atoms with Crippen molar-refractivity contribution in [1.82, 2.24) is 14.7 Å². The van der Waals surface area contributed by atoms with E-state index in [-0.39, 0.29) is 55.2 Å². The van der Waals surface area contributed by atoms with Gasteiger partial charge in [0.15, 0.2) is 0 Å². The third-order valence-corrected chi connectivity index (χ3v) is 5.54. The van der Waals surface area contributed by atoms with E-state index in [1.54, 1.807) is 34.1 Å². The topological polar surface area (TPSA) is 95.1 Å². The van der Waals surface area contributed by atoms with E-state index in [0.717, 1.165) is 0 Å². The predicted octanol–water partition coefficient (Wildman–Crippen LogP) is 1.49. The van der Waals surface area contributed by atoms with Crippen LogP contribution in [0.4, 0.5) is 0 Å². The molecule has 4 amide bonds. The molecule has 2 heterocycles. The Hall–Kier alpha value is -3.03. The summed E-state index contributed by atoms with van der Waals surface area (Å²) in [7, 11) is 0. The second-order valence-electron chi connectivity index (χ2n) is 7.73. The molecule has 1 saturated heterocycles. The molecule has 8 heteroatoms. The van der Waals surface area contributed by atoms with E-state index in [1.165, 1.54) is 11.8 Å². The van der Waals surface area contributed by atoms with Gasteiger partial charge in [-0.2, -0.15) is 0 Å². The summed E-state index contributed by atoms with van der Waals surface area (Å²) >= 11 is 0. The fraction of sp³-hybridized carbons (Fsp3) is 0.500. The molecule has 0 atom stereocenters. The third-order valence-electron chi connectivity index (χ3n) is 5.54. The summed E-state index contributed by atoms with van der Waals surface area (Å²) in [6.45, 7) is 3.75. The highest BCUT2D eigenvalue weighted by Gasteiger charge is 2.34. The van der Waals surface area contributed by atoms with Crippen LogP contribution in [-0.4, -0.2) is 76.8 Å². The van der Waals surface area contributed by atoms with Gasteiger partial charge in [0, 0.05) is 52.0 Å². The molecule has 0 unspecified atom stereocenters. The Morgan fingerprint density at radius 3 is 1.87 bits per heavy atom. The first kappa shape index (κ1) is 21.7. The normalized spacial score (nSPS) is 16.5. The van der Waals surface area contributed by atoms with E-state index >= 15 is 0 Å². The lowest BCUT2D eigenvalue weighted by atomic mass is 10.1. The van der Waals surface area contributed by atoms with Gasteiger partial charge in [-0.15, -0.1) is 0 Å². The van der Waals surface area contributed by atoms with Crippen molar-refractivity contribution >= 4 is 29.4 Å². The van der Waals surface area contributed by atoms with E-state index in [2.05, 4.69) is 0 Å². The summed E-state index contributed by atoms with van der Waals surface area (Å²) in [5.41, 5.74) is 0.826. The molecule has 1 aromatic rings.